The van der Waals surface area contributed by atoms with E-state index in [0.717, 1.165) is 25.7 Å². The molecule has 10 nitrogen and oxygen atoms in total. The molecule has 0 aromatic heterocycles. The van der Waals surface area contributed by atoms with Gasteiger partial charge in [-0.25, -0.2) is 0 Å². The van der Waals surface area contributed by atoms with Gasteiger partial charge in [0.2, 0.25) is 23.6 Å². The molecule has 4 amide bonds. The number of nitrogens with one attached hydrogen (secondary N) is 2. The van der Waals surface area contributed by atoms with Gasteiger partial charge in [-0.1, -0.05) is 21.3 Å². The van der Waals surface area contributed by atoms with Crippen molar-refractivity contribution in [2.75, 3.05) is 13.1 Å². The number of carbonyl (C=O) groups is 4. The van der Waals surface area contributed by atoms with E-state index in [-0.39, 0.29) is 45.1 Å². The summed E-state index contributed by atoms with van der Waals surface area (Å²) in [6, 6.07) is -0.940. The lowest BCUT2D eigenvalue weighted by atomic mass is 9.80. The Morgan fingerprint density at radius 1 is 1.16 bits per heavy atom. The molecule has 0 aromatic carbocycles. The minimum absolute atomic E-state index is 0. The number of piperidine rings is 2. The number of halogens is 3. The Morgan fingerprint density at radius 2 is 1.82 bits per heavy atom. The lowest BCUT2D eigenvalue weighted by molar-refractivity contribution is -0.195. The second kappa shape index (κ2) is 10.3. The van der Waals surface area contributed by atoms with Crippen LogP contribution in [-0.2, 0) is 23.9 Å². The Labute approximate surface area is 256 Å². The summed E-state index contributed by atoms with van der Waals surface area (Å²) < 4.78 is 47.6. The van der Waals surface area contributed by atoms with Gasteiger partial charge in [0.05, 0.1) is 23.3 Å². The van der Waals surface area contributed by atoms with Crippen molar-refractivity contribution in [1.82, 2.24) is 20.4 Å². The number of carbonyl (C=O) groups excluding carboxylic acids is 4. The molecule has 244 valence electrons. The zero-order valence-electron chi connectivity index (χ0n) is 25.1. The highest BCUT2D eigenvalue weighted by atomic mass is 19.4. The highest BCUT2D eigenvalue weighted by molar-refractivity contribution is 6.01. The first-order chi connectivity index (χ1) is 20.1. The Bertz CT molecular complexity index is 1290. The van der Waals surface area contributed by atoms with Crippen molar-refractivity contribution in [3.8, 4) is 6.07 Å². The minimum Gasteiger partial charge on any atom is -0.370 e. The van der Waals surface area contributed by atoms with E-state index >= 15 is 0 Å². The van der Waals surface area contributed by atoms with Gasteiger partial charge in [0.15, 0.2) is 0 Å². The van der Waals surface area contributed by atoms with Gasteiger partial charge in [0.25, 0.3) is 0 Å². The molecule has 0 bridgehead atoms. The van der Waals surface area contributed by atoms with Gasteiger partial charge in [-0.15, -0.1) is 0 Å². The fourth-order valence-electron chi connectivity index (χ4n) is 8.60. The normalized spacial score (nSPS) is 33.9. The molecular weight excluding hydrogens is 579 g/mol. The van der Waals surface area contributed by atoms with E-state index in [1.54, 1.807) is 11.8 Å². The van der Waals surface area contributed by atoms with Crippen LogP contribution in [0.4, 0.5) is 13.2 Å². The lowest BCUT2D eigenvalue weighted by Gasteiger charge is -2.54. The largest absolute Gasteiger partial charge is 0.403 e. The van der Waals surface area contributed by atoms with Crippen molar-refractivity contribution in [2.45, 2.75) is 128 Å². The molecular formula is C31H44F3N5O5. The number of amides is 4. The highest BCUT2D eigenvalue weighted by Gasteiger charge is 2.90. The third kappa shape index (κ3) is 4.36. The van der Waals surface area contributed by atoms with Gasteiger partial charge in [0.1, 0.15) is 23.5 Å². The van der Waals surface area contributed by atoms with Gasteiger partial charge in [-0.3, -0.25) is 19.2 Å². The van der Waals surface area contributed by atoms with Crippen LogP contribution >= 0.6 is 0 Å². The Hall–Kier alpha value is -2.88. The number of nitriles is 1. The number of rotatable bonds is 9. The van der Waals surface area contributed by atoms with Gasteiger partial charge in [0, 0.05) is 24.9 Å². The van der Waals surface area contributed by atoms with Gasteiger partial charge in [-0.05, 0) is 70.6 Å². The smallest absolute Gasteiger partial charge is 0.370 e. The van der Waals surface area contributed by atoms with Crippen molar-refractivity contribution in [3.63, 3.8) is 0 Å². The first kappa shape index (κ1) is 32.5. The summed E-state index contributed by atoms with van der Waals surface area (Å²) in [7, 11) is 0. The molecule has 6 rings (SSSR count). The summed E-state index contributed by atoms with van der Waals surface area (Å²) in [5, 5.41) is 15.3. The number of ether oxygens (including phenoxy) is 1. The van der Waals surface area contributed by atoms with Crippen LogP contribution in [0.15, 0.2) is 0 Å². The number of nitrogens with zero attached hydrogens (tertiary/aromatic N) is 3. The predicted octanol–water partition coefficient (Wildman–Crippen LogP) is 3.05. The van der Waals surface area contributed by atoms with E-state index in [2.05, 4.69) is 16.7 Å². The maximum atomic E-state index is 14.2. The third-order valence-electron chi connectivity index (χ3n) is 11.6. The van der Waals surface area contributed by atoms with Crippen LogP contribution in [0.25, 0.3) is 0 Å². The van der Waals surface area contributed by atoms with Crippen LogP contribution in [-0.4, -0.2) is 88.1 Å². The maximum absolute atomic E-state index is 14.2. The summed E-state index contributed by atoms with van der Waals surface area (Å²) in [4.78, 5) is 56.4. The molecule has 6 fully saturated rings. The van der Waals surface area contributed by atoms with E-state index in [0.29, 0.717) is 13.0 Å². The van der Waals surface area contributed by atoms with Crippen LogP contribution in [0.1, 0.15) is 86.5 Å². The molecule has 44 heavy (non-hydrogen) atoms. The van der Waals surface area contributed by atoms with E-state index in [9.17, 15) is 37.6 Å². The first-order valence-electron chi connectivity index (χ1n) is 15.4. The average Bonchev–Trinajstić information content (AvgIpc) is 3.78. The molecule has 3 aliphatic carbocycles. The summed E-state index contributed by atoms with van der Waals surface area (Å²) >= 11 is 0. The molecule has 7 atom stereocenters. The number of hydrogen-bond acceptors (Lipinski definition) is 6. The van der Waals surface area contributed by atoms with Crippen molar-refractivity contribution < 1.29 is 37.1 Å². The van der Waals surface area contributed by atoms with Crippen LogP contribution in [0.2, 0.25) is 0 Å². The minimum atomic E-state index is -4.75. The predicted molar refractivity (Wildman–Crippen MR) is 151 cm³/mol. The molecule has 1 spiro atoms. The lowest BCUT2D eigenvalue weighted by Crippen LogP contribution is -2.76. The SMILES string of the molecule is C.CC(OC1(C)CCC1)C(NC(=O)C1(C(F)(F)F)CC1)C(=O)N1CC2C(C)(C)C23C1C(=O)N3C(C#N)CC1CCCNC1=O. The van der Waals surface area contributed by atoms with Crippen LogP contribution in [0, 0.1) is 34.0 Å². The quantitative estimate of drug-likeness (QED) is 0.380. The summed E-state index contributed by atoms with van der Waals surface area (Å²) in [5.41, 5.74) is -4.29. The molecule has 13 heteroatoms. The van der Waals surface area contributed by atoms with Crippen molar-refractivity contribution in [2.24, 2.45) is 22.7 Å². The van der Waals surface area contributed by atoms with Crippen molar-refractivity contribution in [1.29, 1.82) is 5.26 Å². The molecule has 7 unspecified atom stereocenters. The molecule has 2 N–H and O–H groups in total. The van der Waals surface area contributed by atoms with Crippen LogP contribution in [0.3, 0.4) is 0 Å². The number of likely N-dealkylation sites (tertiary alicyclic amines) is 2. The first-order valence-corrected chi connectivity index (χ1v) is 15.4. The summed E-state index contributed by atoms with van der Waals surface area (Å²) in [6.07, 6.45) is -2.38. The molecule has 3 heterocycles. The average molecular weight is 624 g/mol. The number of β-lactam (4-membered cyclic amide) rings is 1. The molecule has 3 saturated heterocycles. The van der Waals surface area contributed by atoms with Crippen LogP contribution < -0.4 is 10.6 Å². The zero-order valence-corrected chi connectivity index (χ0v) is 25.1. The van der Waals surface area contributed by atoms with Crippen molar-refractivity contribution >= 4 is 23.6 Å². The van der Waals surface area contributed by atoms with Crippen LogP contribution in [0.5, 0.6) is 0 Å². The third-order valence-corrected chi connectivity index (χ3v) is 11.6. The molecule has 0 aromatic rings. The fourth-order valence-corrected chi connectivity index (χ4v) is 8.60. The maximum Gasteiger partial charge on any atom is 0.403 e. The summed E-state index contributed by atoms with van der Waals surface area (Å²) in [6.45, 7) is 8.16. The van der Waals surface area contributed by atoms with Gasteiger partial charge in [-0.2, -0.15) is 18.4 Å². The topological polar surface area (TPSA) is 132 Å². The Morgan fingerprint density at radius 3 is 2.34 bits per heavy atom. The second-order valence-electron chi connectivity index (χ2n) is 14.4. The zero-order chi connectivity index (χ0) is 31.3. The Balaban J connectivity index is 0.00000384. The standard InChI is InChI=1S/C30H40F3N5O5.CH4/c1-16(43-27(4)8-6-9-27)20(36-25(42)28(10-11-28)30(31,32)33)23(40)37-15-19-26(2,3)29(19)21(37)24(41)38(29)18(14-34)13-17-7-5-12-35-22(17)39;/h16-21H,5-13,15H2,1-4H3,(H,35,39)(H,36,42);1H4. The monoisotopic (exact) mass is 623 g/mol. The summed E-state index contributed by atoms with van der Waals surface area (Å²) in [5.74, 6) is -3.00. The Kier molecular flexibility index (Phi) is 7.63. The molecule has 3 saturated carbocycles. The van der Waals surface area contributed by atoms with Gasteiger partial charge >= 0.3 is 6.18 Å². The second-order valence-corrected chi connectivity index (χ2v) is 14.4. The number of hydrogen-bond donors (Lipinski definition) is 2. The highest BCUT2D eigenvalue weighted by Crippen LogP contribution is 2.76. The van der Waals surface area contributed by atoms with Crippen molar-refractivity contribution in [3.05, 3.63) is 0 Å². The van der Waals surface area contributed by atoms with E-state index in [4.69, 9.17) is 4.74 Å². The number of alkyl halides is 3. The van der Waals surface area contributed by atoms with Gasteiger partial charge < -0.3 is 25.2 Å². The fraction of sp³-hybridized carbons (Fsp3) is 0.839. The van der Waals surface area contributed by atoms with E-state index < -0.39 is 76.0 Å². The van der Waals surface area contributed by atoms with E-state index in [1.165, 1.54) is 4.90 Å². The molecule has 0 radical (unpaired) electrons. The molecule has 3 aliphatic heterocycles. The molecule has 6 aliphatic rings. The van der Waals surface area contributed by atoms with E-state index in [1.807, 2.05) is 20.8 Å².